The number of hydrogen-bond donors (Lipinski definition) is 2. The summed E-state index contributed by atoms with van der Waals surface area (Å²) in [6, 6.07) is 4.13. The molecule has 6 heteroatoms. The van der Waals surface area contributed by atoms with Gasteiger partial charge in [-0.3, -0.25) is 0 Å². The highest BCUT2D eigenvalue weighted by molar-refractivity contribution is 9.10. The first-order valence-electron chi connectivity index (χ1n) is 3.88. The first-order chi connectivity index (χ1) is 7.00. The number of carboxylic acids is 2. The molecule has 0 fully saturated rings. The van der Waals surface area contributed by atoms with Gasteiger partial charge in [0.15, 0.2) is 6.61 Å². The molecule has 0 spiro atoms. The number of carboxylic acid groups (broad SMARTS) is 2. The van der Waals surface area contributed by atoms with Crippen LogP contribution in [0.1, 0.15) is 10.4 Å². The molecule has 0 saturated carbocycles. The zero-order valence-corrected chi connectivity index (χ0v) is 9.02. The van der Waals surface area contributed by atoms with Crippen LogP contribution in [0.3, 0.4) is 0 Å². The lowest BCUT2D eigenvalue weighted by Crippen LogP contribution is -2.10. The fourth-order valence-electron chi connectivity index (χ4n) is 0.886. The lowest BCUT2D eigenvalue weighted by Gasteiger charge is -2.06. The van der Waals surface area contributed by atoms with E-state index in [0.717, 1.165) is 0 Å². The topological polar surface area (TPSA) is 83.8 Å². The monoisotopic (exact) mass is 274 g/mol. The Morgan fingerprint density at radius 3 is 2.53 bits per heavy atom. The molecule has 0 atom stereocenters. The Balaban J connectivity index is 2.90. The minimum Gasteiger partial charge on any atom is -0.481 e. The van der Waals surface area contributed by atoms with Crippen molar-refractivity contribution in [2.24, 2.45) is 0 Å². The van der Waals surface area contributed by atoms with E-state index < -0.39 is 18.5 Å². The van der Waals surface area contributed by atoms with Gasteiger partial charge in [-0.05, 0) is 34.1 Å². The van der Waals surface area contributed by atoms with Crippen LogP contribution in [0.15, 0.2) is 22.7 Å². The van der Waals surface area contributed by atoms with Gasteiger partial charge in [-0.2, -0.15) is 0 Å². The average Bonchev–Trinajstić information content (AvgIpc) is 2.16. The smallest absolute Gasteiger partial charge is 0.341 e. The standard InChI is InChI=1S/C9H7BrO5/c10-6-2-1-5(9(13)14)3-7(6)15-4-8(11)12/h1-3H,4H2,(H,11,12)(H,13,14). The molecule has 1 rings (SSSR count). The summed E-state index contributed by atoms with van der Waals surface area (Å²) in [4.78, 5) is 20.9. The van der Waals surface area contributed by atoms with Gasteiger partial charge in [-0.1, -0.05) is 0 Å². The first kappa shape index (κ1) is 11.5. The van der Waals surface area contributed by atoms with Crippen molar-refractivity contribution in [2.45, 2.75) is 0 Å². The molecular weight excluding hydrogens is 268 g/mol. The summed E-state index contributed by atoms with van der Waals surface area (Å²) in [7, 11) is 0. The van der Waals surface area contributed by atoms with Crippen LogP contribution in [0.25, 0.3) is 0 Å². The van der Waals surface area contributed by atoms with Crippen LogP contribution in [-0.2, 0) is 4.79 Å². The van der Waals surface area contributed by atoms with E-state index in [1.165, 1.54) is 18.2 Å². The number of halogens is 1. The molecule has 1 aromatic rings. The Morgan fingerprint density at radius 1 is 1.33 bits per heavy atom. The predicted octanol–water partition coefficient (Wildman–Crippen LogP) is 1.61. The van der Waals surface area contributed by atoms with Gasteiger partial charge in [0.25, 0.3) is 0 Å². The number of carbonyl (C=O) groups is 2. The van der Waals surface area contributed by atoms with E-state index in [9.17, 15) is 9.59 Å². The lowest BCUT2D eigenvalue weighted by molar-refractivity contribution is -0.139. The van der Waals surface area contributed by atoms with E-state index in [0.29, 0.717) is 4.47 Å². The van der Waals surface area contributed by atoms with E-state index in [1.54, 1.807) is 0 Å². The van der Waals surface area contributed by atoms with E-state index >= 15 is 0 Å². The minimum atomic E-state index is -1.12. The van der Waals surface area contributed by atoms with Gasteiger partial charge in [0.2, 0.25) is 0 Å². The second-order valence-corrected chi connectivity index (χ2v) is 3.49. The molecule has 0 radical (unpaired) electrons. The normalized spacial score (nSPS) is 9.67. The second kappa shape index (κ2) is 4.79. The molecular formula is C9H7BrO5. The highest BCUT2D eigenvalue weighted by atomic mass is 79.9. The number of aromatic carboxylic acids is 1. The summed E-state index contributed by atoms with van der Waals surface area (Å²) in [5.74, 6) is -2.03. The zero-order chi connectivity index (χ0) is 11.4. The molecule has 5 nitrogen and oxygen atoms in total. The third-order valence-electron chi connectivity index (χ3n) is 1.53. The maximum Gasteiger partial charge on any atom is 0.341 e. The van der Waals surface area contributed by atoms with Crippen LogP contribution in [0, 0.1) is 0 Å². The Labute approximate surface area is 93.4 Å². The van der Waals surface area contributed by atoms with Crippen LogP contribution >= 0.6 is 15.9 Å². The predicted molar refractivity (Wildman–Crippen MR) is 54.2 cm³/mol. The molecule has 0 aliphatic heterocycles. The molecule has 0 aliphatic rings. The summed E-state index contributed by atoms with van der Waals surface area (Å²) in [6.45, 7) is -0.512. The highest BCUT2D eigenvalue weighted by Crippen LogP contribution is 2.25. The van der Waals surface area contributed by atoms with Crippen molar-refractivity contribution in [3.8, 4) is 5.75 Å². The van der Waals surface area contributed by atoms with Crippen molar-refractivity contribution >= 4 is 27.9 Å². The fraction of sp³-hybridized carbons (Fsp3) is 0.111. The Hall–Kier alpha value is -1.56. The van der Waals surface area contributed by atoms with Crippen molar-refractivity contribution in [3.63, 3.8) is 0 Å². The van der Waals surface area contributed by atoms with Gasteiger partial charge in [-0.25, -0.2) is 9.59 Å². The van der Waals surface area contributed by atoms with Crippen molar-refractivity contribution in [1.29, 1.82) is 0 Å². The summed E-state index contributed by atoms with van der Waals surface area (Å²) < 4.78 is 5.39. The third-order valence-corrected chi connectivity index (χ3v) is 2.18. The summed E-state index contributed by atoms with van der Waals surface area (Å²) in [5, 5.41) is 17.1. The molecule has 2 N–H and O–H groups in total. The maximum atomic E-state index is 10.6. The maximum absolute atomic E-state index is 10.6. The van der Waals surface area contributed by atoms with Gasteiger partial charge in [0.05, 0.1) is 10.0 Å². The van der Waals surface area contributed by atoms with Gasteiger partial charge < -0.3 is 14.9 Å². The van der Waals surface area contributed by atoms with E-state index in [2.05, 4.69) is 15.9 Å². The fourth-order valence-corrected chi connectivity index (χ4v) is 1.25. The molecule has 0 amide bonds. The highest BCUT2D eigenvalue weighted by Gasteiger charge is 2.09. The molecule has 0 unspecified atom stereocenters. The molecule has 0 aromatic heterocycles. The molecule has 0 bridgehead atoms. The van der Waals surface area contributed by atoms with Gasteiger partial charge in [0.1, 0.15) is 5.75 Å². The van der Waals surface area contributed by atoms with Crippen LogP contribution in [0.2, 0.25) is 0 Å². The molecule has 0 heterocycles. The Morgan fingerprint density at radius 2 is 2.00 bits per heavy atom. The first-order valence-corrected chi connectivity index (χ1v) is 4.67. The number of hydrogen-bond acceptors (Lipinski definition) is 3. The Kier molecular flexibility index (Phi) is 3.68. The summed E-state index contributed by atoms with van der Waals surface area (Å²) in [6.07, 6.45) is 0. The van der Waals surface area contributed by atoms with Crippen LogP contribution < -0.4 is 4.74 Å². The summed E-state index contributed by atoms with van der Waals surface area (Å²) >= 11 is 3.12. The summed E-state index contributed by atoms with van der Waals surface area (Å²) in [5.41, 5.74) is 0.0404. The third kappa shape index (κ3) is 3.25. The second-order valence-electron chi connectivity index (χ2n) is 2.63. The molecule has 80 valence electrons. The number of rotatable bonds is 4. The van der Waals surface area contributed by atoms with Gasteiger partial charge >= 0.3 is 11.9 Å². The van der Waals surface area contributed by atoms with Crippen LogP contribution in [-0.4, -0.2) is 28.8 Å². The van der Waals surface area contributed by atoms with Crippen molar-refractivity contribution < 1.29 is 24.5 Å². The molecule has 0 aliphatic carbocycles. The quantitative estimate of drug-likeness (QED) is 0.872. The average molecular weight is 275 g/mol. The zero-order valence-electron chi connectivity index (χ0n) is 7.44. The van der Waals surface area contributed by atoms with E-state index in [4.69, 9.17) is 14.9 Å². The number of ether oxygens (including phenoxy) is 1. The molecule has 0 saturated heterocycles. The lowest BCUT2D eigenvalue weighted by atomic mass is 10.2. The van der Waals surface area contributed by atoms with Crippen LogP contribution in [0.4, 0.5) is 0 Å². The largest absolute Gasteiger partial charge is 0.481 e. The molecule has 1 aromatic carbocycles. The number of aliphatic carboxylic acids is 1. The van der Waals surface area contributed by atoms with E-state index in [-0.39, 0.29) is 11.3 Å². The van der Waals surface area contributed by atoms with Crippen LogP contribution in [0.5, 0.6) is 5.75 Å². The Bertz CT molecular complexity index is 401. The van der Waals surface area contributed by atoms with Crippen molar-refractivity contribution in [2.75, 3.05) is 6.61 Å². The van der Waals surface area contributed by atoms with E-state index in [1.807, 2.05) is 0 Å². The van der Waals surface area contributed by atoms with Gasteiger partial charge in [0, 0.05) is 0 Å². The SMILES string of the molecule is O=C(O)COc1cc(C(=O)O)ccc1Br. The number of benzene rings is 1. The van der Waals surface area contributed by atoms with Crippen molar-refractivity contribution in [3.05, 3.63) is 28.2 Å². The van der Waals surface area contributed by atoms with Crippen molar-refractivity contribution in [1.82, 2.24) is 0 Å². The minimum absolute atomic E-state index is 0.0404. The molecule has 15 heavy (non-hydrogen) atoms. The van der Waals surface area contributed by atoms with Gasteiger partial charge in [-0.15, -0.1) is 0 Å².